The lowest BCUT2D eigenvalue weighted by Crippen LogP contribution is -2.47. The van der Waals surface area contributed by atoms with Crippen LogP contribution in [0.3, 0.4) is 0 Å². The summed E-state index contributed by atoms with van der Waals surface area (Å²) in [5.41, 5.74) is 0.204. The molecule has 0 saturated heterocycles. The Bertz CT molecular complexity index is 662. The Hall–Kier alpha value is -1.66. The van der Waals surface area contributed by atoms with Crippen LogP contribution in [0.5, 0.6) is 0 Å². The third-order valence-electron chi connectivity index (χ3n) is 3.93. The fourth-order valence-corrected chi connectivity index (χ4v) is 2.69. The summed E-state index contributed by atoms with van der Waals surface area (Å²) in [6.07, 6.45) is 1.79. The monoisotopic (exact) mass is 303 g/mol. The maximum Gasteiger partial charge on any atom is 0.413 e. The molecule has 0 aromatic heterocycles. The molecule has 1 heterocycles. The van der Waals surface area contributed by atoms with Gasteiger partial charge in [0.1, 0.15) is 0 Å². The maximum absolute atomic E-state index is 12.0. The Labute approximate surface area is 130 Å². The summed E-state index contributed by atoms with van der Waals surface area (Å²) in [6, 6.07) is 5.40. The highest BCUT2D eigenvalue weighted by Gasteiger charge is 2.50. The number of cyclic esters (lactones) is 1. The summed E-state index contributed by atoms with van der Waals surface area (Å²) in [6.45, 7) is 6.08. The first kappa shape index (κ1) is 14.3. The number of rotatable bonds is 0. The Kier molecular flexibility index (Phi) is 3.18. The van der Waals surface area contributed by atoms with Crippen LogP contribution in [0.4, 0.5) is 10.5 Å². The van der Waals surface area contributed by atoms with Crippen LogP contribution in [-0.2, 0) is 10.3 Å². The van der Waals surface area contributed by atoms with Crippen molar-refractivity contribution in [1.82, 2.24) is 0 Å². The van der Waals surface area contributed by atoms with Gasteiger partial charge in [-0.2, -0.15) is 0 Å². The van der Waals surface area contributed by atoms with Crippen molar-refractivity contribution in [3.63, 3.8) is 0 Å². The Balaban J connectivity index is 2.22. The van der Waals surface area contributed by atoms with Crippen LogP contribution in [0, 0.1) is 23.2 Å². The highest BCUT2D eigenvalue weighted by atomic mass is 35.5. The molecule has 1 N–H and O–H groups in total. The van der Waals surface area contributed by atoms with E-state index in [1.54, 1.807) is 12.1 Å². The van der Waals surface area contributed by atoms with Gasteiger partial charge in [-0.25, -0.2) is 4.79 Å². The summed E-state index contributed by atoms with van der Waals surface area (Å²) in [5.74, 6) is 6.95. The van der Waals surface area contributed by atoms with Crippen molar-refractivity contribution in [2.45, 2.75) is 39.2 Å². The molecule has 1 fully saturated rings. The van der Waals surface area contributed by atoms with Gasteiger partial charge in [-0.1, -0.05) is 38.3 Å². The number of hydrogen-bond donors (Lipinski definition) is 1. The minimum atomic E-state index is -0.974. The number of benzene rings is 1. The normalized spacial score (nSPS) is 24.3. The molecule has 1 unspecified atom stereocenters. The molecule has 0 radical (unpaired) electrons. The van der Waals surface area contributed by atoms with Crippen molar-refractivity contribution in [3.05, 3.63) is 28.8 Å². The number of hydrogen-bond acceptors (Lipinski definition) is 2. The topological polar surface area (TPSA) is 38.3 Å². The number of nitrogens with one attached hydrogen (secondary N) is 1. The maximum atomic E-state index is 12.0. The molecule has 3 nitrogen and oxygen atoms in total. The molecular formula is C17H18ClNO2. The highest BCUT2D eigenvalue weighted by Crippen LogP contribution is 2.48. The second kappa shape index (κ2) is 4.68. The number of carbonyl (C=O) groups is 1. The van der Waals surface area contributed by atoms with Crippen molar-refractivity contribution in [2.75, 3.05) is 5.32 Å². The van der Waals surface area contributed by atoms with E-state index in [0.717, 1.165) is 24.1 Å². The van der Waals surface area contributed by atoms with Crippen LogP contribution in [-0.4, -0.2) is 6.09 Å². The lowest BCUT2D eigenvalue weighted by Gasteiger charge is -2.43. The summed E-state index contributed by atoms with van der Waals surface area (Å²) >= 11 is 6.15. The van der Waals surface area contributed by atoms with E-state index < -0.39 is 11.7 Å². The first-order valence-corrected chi connectivity index (χ1v) is 7.52. The minimum absolute atomic E-state index is 0.369. The molecular weight excluding hydrogens is 286 g/mol. The zero-order valence-corrected chi connectivity index (χ0v) is 13.2. The van der Waals surface area contributed by atoms with E-state index in [0.29, 0.717) is 10.9 Å². The molecule has 1 aliphatic carbocycles. The number of anilines is 1. The number of carbonyl (C=O) groups excluding carboxylic acids is 1. The zero-order valence-electron chi connectivity index (χ0n) is 12.4. The Morgan fingerprint density at radius 3 is 2.71 bits per heavy atom. The van der Waals surface area contributed by atoms with E-state index in [-0.39, 0.29) is 5.41 Å². The number of amides is 1. The van der Waals surface area contributed by atoms with Crippen molar-refractivity contribution in [1.29, 1.82) is 0 Å². The van der Waals surface area contributed by atoms with Crippen LogP contribution in [0.25, 0.3) is 0 Å². The average molecular weight is 304 g/mol. The fourth-order valence-electron chi connectivity index (χ4n) is 2.52. The third-order valence-corrected chi connectivity index (χ3v) is 4.16. The summed E-state index contributed by atoms with van der Waals surface area (Å²) in [7, 11) is 0. The van der Waals surface area contributed by atoms with Crippen LogP contribution in [0.2, 0.25) is 5.02 Å². The smallest absolute Gasteiger partial charge is 0.413 e. The first-order chi connectivity index (χ1) is 9.82. The molecule has 1 aromatic rings. The molecule has 110 valence electrons. The minimum Gasteiger partial charge on any atom is -0.424 e. The van der Waals surface area contributed by atoms with Gasteiger partial charge < -0.3 is 4.74 Å². The Morgan fingerprint density at radius 1 is 1.38 bits per heavy atom. The largest absolute Gasteiger partial charge is 0.424 e. The van der Waals surface area contributed by atoms with Crippen LogP contribution in [0.1, 0.15) is 39.2 Å². The molecule has 1 amide bonds. The van der Waals surface area contributed by atoms with Crippen molar-refractivity contribution in [3.8, 4) is 11.8 Å². The van der Waals surface area contributed by atoms with Crippen LogP contribution in [0.15, 0.2) is 18.2 Å². The quantitative estimate of drug-likeness (QED) is 0.714. The average Bonchev–Trinajstić information content (AvgIpc) is 3.19. The second-order valence-corrected chi connectivity index (χ2v) is 7.12. The van der Waals surface area contributed by atoms with Gasteiger partial charge >= 0.3 is 6.09 Å². The van der Waals surface area contributed by atoms with Crippen LogP contribution < -0.4 is 5.32 Å². The second-order valence-electron chi connectivity index (χ2n) is 6.68. The van der Waals surface area contributed by atoms with Crippen molar-refractivity contribution in [2.24, 2.45) is 11.3 Å². The SMILES string of the molecule is CC(C)(C)C1(C#CC2CC2)OC(=O)Nc2ccc(Cl)cc21. The van der Waals surface area contributed by atoms with Gasteiger partial charge in [0.15, 0.2) is 0 Å². The zero-order chi connectivity index (χ0) is 15.3. The molecule has 21 heavy (non-hydrogen) atoms. The van der Waals surface area contributed by atoms with E-state index in [1.165, 1.54) is 0 Å². The lowest BCUT2D eigenvalue weighted by atomic mass is 9.71. The molecule has 1 aromatic carbocycles. The molecule has 4 heteroatoms. The Morgan fingerprint density at radius 2 is 2.10 bits per heavy atom. The van der Waals surface area contributed by atoms with Gasteiger partial charge in [0.25, 0.3) is 0 Å². The molecule has 2 aliphatic rings. The highest BCUT2D eigenvalue weighted by molar-refractivity contribution is 6.30. The van der Waals surface area contributed by atoms with Gasteiger partial charge in [0.2, 0.25) is 5.60 Å². The van der Waals surface area contributed by atoms with Crippen molar-refractivity contribution < 1.29 is 9.53 Å². The van der Waals surface area contributed by atoms with Crippen molar-refractivity contribution >= 4 is 23.4 Å². The first-order valence-electron chi connectivity index (χ1n) is 7.14. The van der Waals surface area contributed by atoms with Gasteiger partial charge in [0, 0.05) is 21.9 Å². The molecule has 1 saturated carbocycles. The van der Waals surface area contributed by atoms with Gasteiger partial charge in [0.05, 0.1) is 5.69 Å². The fraction of sp³-hybridized carbons (Fsp3) is 0.471. The number of ether oxygens (including phenoxy) is 1. The molecule has 0 spiro atoms. The molecule has 0 bridgehead atoms. The van der Waals surface area contributed by atoms with Crippen LogP contribution >= 0.6 is 11.6 Å². The van der Waals surface area contributed by atoms with E-state index in [9.17, 15) is 4.79 Å². The summed E-state index contributed by atoms with van der Waals surface area (Å²) in [5, 5.41) is 3.34. The van der Waals surface area contributed by atoms with Gasteiger partial charge in [-0.15, -0.1) is 0 Å². The van der Waals surface area contributed by atoms with E-state index in [4.69, 9.17) is 16.3 Å². The van der Waals surface area contributed by atoms with E-state index in [2.05, 4.69) is 17.2 Å². The van der Waals surface area contributed by atoms with E-state index >= 15 is 0 Å². The summed E-state index contributed by atoms with van der Waals surface area (Å²) in [4.78, 5) is 12.0. The lowest BCUT2D eigenvalue weighted by molar-refractivity contribution is -0.0243. The number of fused-ring (bicyclic) bond motifs is 1. The van der Waals surface area contributed by atoms with E-state index in [1.807, 2.05) is 26.8 Å². The summed E-state index contributed by atoms with van der Waals surface area (Å²) < 4.78 is 5.72. The molecule has 3 rings (SSSR count). The predicted molar refractivity (Wildman–Crippen MR) is 83.2 cm³/mol. The molecule has 1 atom stereocenters. The number of halogens is 1. The van der Waals surface area contributed by atoms with Gasteiger partial charge in [-0.05, 0) is 37.0 Å². The predicted octanol–water partition coefficient (Wildman–Crippen LogP) is 4.56. The van der Waals surface area contributed by atoms with Gasteiger partial charge in [-0.3, -0.25) is 5.32 Å². The third kappa shape index (κ3) is 2.49. The standard InChI is InChI=1S/C17H18ClNO2/c1-16(2,3)17(9-8-11-4-5-11)13-10-12(18)6-7-14(13)19-15(20)21-17/h6-7,10-11H,4-5H2,1-3H3,(H,19,20). The molecule has 1 aliphatic heterocycles.